The summed E-state index contributed by atoms with van der Waals surface area (Å²) in [5.41, 5.74) is -0.0831. The van der Waals surface area contributed by atoms with Crippen LogP contribution in [-0.4, -0.2) is 4.98 Å². The quantitative estimate of drug-likeness (QED) is 0.747. The van der Waals surface area contributed by atoms with Gasteiger partial charge in [-0.25, -0.2) is 8.78 Å². The number of aromatic nitrogens is 1. The molecule has 1 rings (SSSR count). The molecule has 1 heterocycles. The zero-order chi connectivity index (χ0) is 9.14. The molecule has 0 spiro atoms. The minimum Gasteiger partial charge on any atom is -0.254 e. The van der Waals surface area contributed by atoms with E-state index >= 15 is 0 Å². The van der Waals surface area contributed by atoms with Crippen LogP contribution in [0.15, 0.2) is 16.7 Å². The normalized spacial score (nSPS) is 9.92. The van der Waals surface area contributed by atoms with Crippen molar-refractivity contribution in [3.05, 3.63) is 28.0 Å². The van der Waals surface area contributed by atoms with Crippen LogP contribution in [0.25, 0.3) is 0 Å². The molecular weight excluding hydrogens is 230 g/mol. The molecule has 0 bridgehead atoms. The van der Waals surface area contributed by atoms with Crippen LogP contribution in [0, 0.1) is 11.3 Å². The number of halogens is 3. The molecule has 0 unspecified atom stereocenters. The highest BCUT2D eigenvalue weighted by atomic mass is 79.9. The Morgan fingerprint density at radius 2 is 2.25 bits per heavy atom. The maximum atomic E-state index is 12.0. The molecule has 2 nitrogen and oxygen atoms in total. The van der Waals surface area contributed by atoms with Gasteiger partial charge in [-0.2, -0.15) is 5.26 Å². The molecule has 0 saturated carbocycles. The summed E-state index contributed by atoms with van der Waals surface area (Å²) >= 11 is 2.98. The molecule has 0 fully saturated rings. The third-order valence-corrected chi connectivity index (χ3v) is 1.87. The van der Waals surface area contributed by atoms with Gasteiger partial charge in [0.2, 0.25) is 0 Å². The van der Waals surface area contributed by atoms with Crippen molar-refractivity contribution in [2.75, 3.05) is 0 Å². The van der Waals surface area contributed by atoms with Crippen LogP contribution in [0.5, 0.6) is 0 Å². The fourth-order valence-electron chi connectivity index (χ4n) is 0.647. The standard InChI is InChI=1S/C7H3BrF2N2/c8-5-1-6(7(9)10)12-3-4(5)2-11/h1,3,7H. The van der Waals surface area contributed by atoms with Crippen molar-refractivity contribution in [3.63, 3.8) is 0 Å². The second-order valence-corrected chi connectivity index (χ2v) is 2.86. The van der Waals surface area contributed by atoms with E-state index in [2.05, 4.69) is 20.9 Å². The van der Waals surface area contributed by atoms with E-state index in [0.29, 0.717) is 4.47 Å². The number of alkyl halides is 2. The molecule has 1 aromatic heterocycles. The first-order valence-electron chi connectivity index (χ1n) is 2.99. The maximum Gasteiger partial charge on any atom is 0.280 e. The van der Waals surface area contributed by atoms with Crippen molar-refractivity contribution >= 4 is 15.9 Å². The van der Waals surface area contributed by atoms with Gasteiger partial charge >= 0.3 is 0 Å². The highest BCUT2D eigenvalue weighted by Gasteiger charge is 2.10. The lowest BCUT2D eigenvalue weighted by Crippen LogP contribution is -1.91. The smallest absolute Gasteiger partial charge is 0.254 e. The van der Waals surface area contributed by atoms with Crippen molar-refractivity contribution in [1.29, 1.82) is 5.26 Å². The van der Waals surface area contributed by atoms with Crippen molar-refractivity contribution in [2.45, 2.75) is 6.43 Å². The number of nitrogens with zero attached hydrogens (tertiary/aromatic N) is 2. The van der Waals surface area contributed by atoms with Gasteiger partial charge in [0, 0.05) is 10.7 Å². The molecule has 0 aromatic carbocycles. The van der Waals surface area contributed by atoms with Gasteiger partial charge in [-0.15, -0.1) is 0 Å². The van der Waals surface area contributed by atoms with E-state index in [0.717, 1.165) is 12.3 Å². The number of pyridine rings is 1. The van der Waals surface area contributed by atoms with Gasteiger partial charge in [-0.1, -0.05) is 0 Å². The number of hydrogen-bond acceptors (Lipinski definition) is 2. The van der Waals surface area contributed by atoms with E-state index in [4.69, 9.17) is 5.26 Å². The zero-order valence-corrected chi connectivity index (χ0v) is 7.35. The first-order valence-corrected chi connectivity index (χ1v) is 3.78. The van der Waals surface area contributed by atoms with Gasteiger partial charge in [0.25, 0.3) is 6.43 Å². The minimum atomic E-state index is -2.60. The summed E-state index contributed by atoms with van der Waals surface area (Å²) in [7, 11) is 0. The molecule has 0 aliphatic carbocycles. The van der Waals surface area contributed by atoms with Crippen LogP contribution in [-0.2, 0) is 0 Å². The fraction of sp³-hybridized carbons (Fsp3) is 0.143. The molecule has 62 valence electrons. The molecule has 0 atom stereocenters. The van der Waals surface area contributed by atoms with Crippen molar-refractivity contribution < 1.29 is 8.78 Å². The predicted molar refractivity (Wildman–Crippen MR) is 41.6 cm³/mol. The lowest BCUT2D eigenvalue weighted by molar-refractivity contribution is 0.146. The monoisotopic (exact) mass is 232 g/mol. The molecule has 0 saturated heterocycles. The fourth-order valence-corrected chi connectivity index (χ4v) is 1.07. The topological polar surface area (TPSA) is 36.7 Å². The van der Waals surface area contributed by atoms with Gasteiger partial charge in [-0.05, 0) is 22.0 Å². The SMILES string of the molecule is N#Cc1cnc(C(F)F)cc1Br. The van der Waals surface area contributed by atoms with Crippen LogP contribution in [0.1, 0.15) is 17.7 Å². The zero-order valence-electron chi connectivity index (χ0n) is 5.76. The molecule has 0 N–H and O–H groups in total. The Morgan fingerprint density at radius 3 is 2.67 bits per heavy atom. The van der Waals surface area contributed by atoms with Crippen molar-refractivity contribution in [3.8, 4) is 6.07 Å². The van der Waals surface area contributed by atoms with Gasteiger partial charge in [0.05, 0.1) is 5.56 Å². The highest BCUT2D eigenvalue weighted by molar-refractivity contribution is 9.10. The Balaban J connectivity index is 3.12. The van der Waals surface area contributed by atoms with Crippen LogP contribution < -0.4 is 0 Å². The summed E-state index contributed by atoms with van der Waals surface area (Å²) in [4.78, 5) is 3.41. The number of nitriles is 1. The van der Waals surface area contributed by atoms with Crippen molar-refractivity contribution in [1.82, 2.24) is 4.98 Å². The average Bonchev–Trinajstić information content (AvgIpc) is 2.04. The Bertz CT molecular complexity index is 333. The van der Waals surface area contributed by atoms with E-state index in [-0.39, 0.29) is 11.3 Å². The third kappa shape index (κ3) is 1.77. The molecule has 0 aliphatic heterocycles. The Labute approximate surface area is 76.0 Å². The van der Waals surface area contributed by atoms with Crippen LogP contribution in [0.2, 0.25) is 0 Å². The molecule has 1 aromatic rings. The largest absolute Gasteiger partial charge is 0.280 e. The highest BCUT2D eigenvalue weighted by Crippen LogP contribution is 2.22. The third-order valence-electron chi connectivity index (χ3n) is 1.22. The van der Waals surface area contributed by atoms with Crippen molar-refractivity contribution in [2.24, 2.45) is 0 Å². The van der Waals surface area contributed by atoms with Gasteiger partial charge < -0.3 is 0 Å². The summed E-state index contributed by atoms with van der Waals surface area (Å²) in [6.07, 6.45) is -1.49. The van der Waals surface area contributed by atoms with E-state index in [1.165, 1.54) is 0 Å². The molecule has 0 aliphatic rings. The van der Waals surface area contributed by atoms with Crippen LogP contribution in [0.4, 0.5) is 8.78 Å². The minimum absolute atomic E-state index is 0.249. The summed E-state index contributed by atoms with van der Waals surface area (Å²) in [5, 5.41) is 8.44. The second-order valence-electron chi connectivity index (χ2n) is 2.00. The van der Waals surface area contributed by atoms with E-state index in [1.54, 1.807) is 0 Å². The lowest BCUT2D eigenvalue weighted by Gasteiger charge is -1.99. The Morgan fingerprint density at radius 1 is 1.58 bits per heavy atom. The maximum absolute atomic E-state index is 12.0. The summed E-state index contributed by atoms with van der Waals surface area (Å²) in [6.45, 7) is 0. The molecule has 0 amide bonds. The van der Waals surface area contributed by atoms with E-state index < -0.39 is 6.43 Å². The average molecular weight is 233 g/mol. The molecule has 5 heteroatoms. The Kier molecular flexibility index (Phi) is 2.71. The lowest BCUT2D eigenvalue weighted by atomic mass is 10.3. The summed E-state index contributed by atoms with van der Waals surface area (Å²) in [5.74, 6) is 0. The Hall–Kier alpha value is -1.02. The molecular formula is C7H3BrF2N2. The van der Waals surface area contributed by atoms with Crippen LogP contribution >= 0.6 is 15.9 Å². The predicted octanol–water partition coefficient (Wildman–Crippen LogP) is 2.65. The van der Waals surface area contributed by atoms with E-state index in [1.807, 2.05) is 6.07 Å². The van der Waals surface area contributed by atoms with Gasteiger partial charge in [-0.3, -0.25) is 4.98 Å². The molecule has 12 heavy (non-hydrogen) atoms. The van der Waals surface area contributed by atoms with E-state index in [9.17, 15) is 8.78 Å². The first-order chi connectivity index (χ1) is 5.65. The van der Waals surface area contributed by atoms with Gasteiger partial charge in [0.15, 0.2) is 0 Å². The first kappa shape index (κ1) is 9.07. The summed E-state index contributed by atoms with van der Waals surface area (Å²) in [6, 6.07) is 2.95. The van der Waals surface area contributed by atoms with Gasteiger partial charge in [0.1, 0.15) is 11.8 Å². The summed E-state index contributed by atoms with van der Waals surface area (Å²) < 4.78 is 24.4. The number of rotatable bonds is 1. The second kappa shape index (κ2) is 3.59. The molecule has 0 radical (unpaired) electrons. The number of hydrogen-bond donors (Lipinski definition) is 0. The van der Waals surface area contributed by atoms with Crippen LogP contribution in [0.3, 0.4) is 0 Å².